The summed E-state index contributed by atoms with van der Waals surface area (Å²) in [5.41, 5.74) is 1.11. The lowest BCUT2D eigenvalue weighted by atomic mass is 9.87. The van der Waals surface area contributed by atoms with Crippen molar-refractivity contribution in [1.82, 2.24) is 14.7 Å². The van der Waals surface area contributed by atoms with Crippen LogP contribution in [0.2, 0.25) is 0 Å². The lowest BCUT2D eigenvalue weighted by Gasteiger charge is -2.39. The fourth-order valence-electron chi connectivity index (χ4n) is 3.95. The third kappa shape index (κ3) is 3.46. The SMILES string of the molecule is CC(C)c1ccn(C2(C(=O)O)CCN(Cc3ccc4c(c3)OCCO4)CC2)n1. The van der Waals surface area contributed by atoms with Crippen molar-refractivity contribution in [2.45, 2.75) is 44.7 Å². The third-order valence-electron chi connectivity index (χ3n) is 5.73. The Balaban J connectivity index is 1.45. The number of carboxylic acids is 1. The summed E-state index contributed by atoms with van der Waals surface area (Å²) in [5, 5.41) is 14.6. The first-order valence-corrected chi connectivity index (χ1v) is 9.88. The minimum absolute atomic E-state index is 0.280. The minimum Gasteiger partial charge on any atom is -0.486 e. The van der Waals surface area contributed by atoms with Crippen molar-refractivity contribution < 1.29 is 19.4 Å². The molecule has 0 amide bonds. The number of carboxylic acid groups (broad SMARTS) is 1. The second-order valence-electron chi connectivity index (χ2n) is 7.93. The maximum absolute atomic E-state index is 12.2. The molecule has 0 saturated carbocycles. The molecule has 1 saturated heterocycles. The molecule has 28 heavy (non-hydrogen) atoms. The van der Waals surface area contributed by atoms with Crippen molar-refractivity contribution in [2.75, 3.05) is 26.3 Å². The summed E-state index contributed by atoms with van der Waals surface area (Å²) >= 11 is 0. The van der Waals surface area contributed by atoms with Gasteiger partial charge in [-0.1, -0.05) is 19.9 Å². The van der Waals surface area contributed by atoms with Crippen molar-refractivity contribution in [3.05, 3.63) is 41.7 Å². The van der Waals surface area contributed by atoms with Gasteiger partial charge in [0.05, 0.1) is 5.69 Å². The second kappa shape index (κ2) is 7.47. The third-order valence-corrected chi connectivity index (χ3v) is 5.73. The van der Waals surface area contributed by atoms with Crippen LogP contribution in [0.1, 0.15) is 43.9 Å². The predicted octanol–water partition coefficient (Wildman–Crippen LogP) is 2.85. The molecule has 1 fully saturated rings. The van der Waals surface area contributed by atoms with Crippen LogP contribution in [-0.2, 0) is 16.9 Å². The number of hydrogen-bond acceptors (Lipinski definition) is 5. The zero-order chi connectivity index (χ0) is 19.7. The molecular weight excluding hydrogens is 358 g/mol. The molecule has 7 nitrogen and oxygen atoms in total. The fourth-order valence-corrected chi connectivity index (χ4v) is 3.95. The van der Waals surface area contributed by atoms with Crippen LogP contribution in [0, 0.1) is 0 Å². The predicted molar refractivity (Wildman–Crippen MR) is 104 cm³/mol. The van der Waals surface area contributed by atoms with Gasteiger partial charge in [0.1, 0.15) is 13.2 Å². The maximum atomic E-state index is 12.2. The quantitative estimate of drug-likeness (QED) is 0.853. The Hall–Kier alpha value is -2.54. The van der Waals surface area contributed by atoms with Gasteiger partial charge in [0.15, 0.2) is 17.0 Å². The summed E-state index contributed by atoms with van der Waals surface area (Å²) < 4.78 is 12.9. The van der Waals surface area contributed by atoms with E-state index in [1.807, 2.05) is 24.4 Å². The molecular formula is C21H27N3O4. The Bertz CT molecular complexity index is 853. The molecule has 7 heteroatoms. The van der Waals surface area contributed by atoms with Crippen molar-refractivity contribution in [3.8, 4) is 11.5 Å². The summed E-state index contributed by atoms with van der Waals surface area (Å²) in [7, 11) is 0. The molecule has 0 atom stereocenters. The minimum atomic E-state index is -0.962. The van der Waals surface area contributed by atoms with Crippen LogP contribution in [0.25, 0.3) is 0 Å². The van der Waals surface area contributed by atoms with Crippen LogP contribution in [0.4, 0.5) is 0 Å². The van der Waals surface area contributed by atoms with Crippen LogP contribution in [0.3, 0.4) is 0 Å². The van der Waals surface area contributed by atoms with Gasteiger partial charge in [-0.15, -0.1) is 0 Å². The second-order valence-corrected chi connectivity index (χ2v) is 7.93. The largest absolute Gasteiger partial charge is 0.486 e. The molecule has 2 aliphatic rings. The highest BCUT2D eigenvalue weighted by Gasteiger charge is 2.44. The number of piperidine rings is 1. The Morgan fingerprint density at radius 2 is 1.89 bits per heavy atom. The van der Waals surface area contributed by atoms with Gasteiger partial charge >= 0.3 is 5.97 Å². The van der Waals surface area contributed by atoms with Gasteiger partial charge < -0.3 is 14.6 Å². The molecule has 0 radical (unpaired) electrons. The van der Waals surface area contributed by atoms with Gasteiger partial charge in [-0.25, -0.2) is 4.79 Å². The number of likely N-dealkylation sites (tertiary alicyclic amines) is 1. The molecule has 1 N–H and O–H groups in total. The zero-order valence-corrected chi connectivity index (χ0v) is 16.4. The first-order valence-electron chi connectivity index (χ1n) is 9.88. The average molecular weight is 385 g/mol. The highest BCUT2D eigenvalue weighted by molar-refractivity contribution is 5.76. The number of benzene rings is 1. The van der Waals surface area contributed by atoms with E-state index in [4.69, 9.17) is 9.47 Å². The first kappa shape index (κ1) is 18.8. The topological polar surface area (TPSA) is 76.8 Å². The molecule has 2 aliphatic heterocycles. The van der Waals surface area contributed by atoms with Gasteiger partial charge in [-0.05, 0) is 42.5 Å². The summed E-state index contributed by atoms with van der Waals surface area (Å²) in [6.45, 7) is 7.47. The Labute approximate surface area is 164 Å². The molecule has 4 rings (SSSR count). The lowest BCUT2D eigenvalue weighted by Crippen LogP contribution is -2.51. The molecule has 1 aromatic heterocycles. The normalized spacial score (nSPS) is 19.0. The Kier molecular flexibility index (Phi) is 5.02. The van der Waals surface area contributed by atoms with E-state index in [1.54, 1.807) is 4.68 Å². The zero-order valence-electron chi connectivity index (χ0n) is 16.4. The molecule has 0 aliphatic carbocycles. The number of aliphatic carboxylic acids is 1. The van der Waals surface area contributed by atoms with E-state index in [0.717, 1.165) is 29.3 Å². The number of hydrogen-bond donors (Lipinski definition) is 1. The Morgan fingerprint density at radius 3 is 2.54 bits per heavy atom. The first-order chi connectivity index (χ1) is 13.5. The number of carbonyl (C=O) groups is 1. The fraction of sp³-hybridized carbons (Fsp3) is 0.524. The standard InChI is InChI=1S/C21H27N3O4/c1-15(2)17-5-8-24(22-17)21(20(25)26)6-9-23(10-7-21)14-16-3-4-18-19(13-16)28-12-11-27-18/h3-5,8,13,15H,6-7,9-12,14H2,1-2H3,(H,25,26). The number of rotatable bonds is 5. The molecule has 0 bridgehead atoms. The number of nitrogens with zero attached hydrogens (tertiary/aromatic N) is 3. The molecule has 150 valence electrons. The van der Waals surface area contributed by atoms with Crippen molar-refractivity contribution >= 4 is 5.97 Å². The van der Waals surface area contributed by atoms with Crippen molar-refractivity contribution in [1.29, 1.82) is 0 Å². The number of aromatic nitrogens is 2. The average Bonchev–Trinajstić information content (AvgIpc) is 3.19. The van der Waals surface area contributed by atoms with Crippen LogP contribution >= 0.6 is 0 Å². The Morgan fingerprint density at radius 1 is 1.18 bits per heavy atom. The number of fused-ring (bicyclic) bond motifs is 1. The maximum Gasteiger partial charge on any atom is 0.331 e. The van der Waals surface area contributed by atoms with E-state index in [1.165, 1.54) is 0 Å². The van der Waals surface area contributed by atoms with Crippen LogP contribution < -0.4 is 9.47 Å². The van der Waals surface area contributed by atoms with Gasteiger partial charge in [0, 0.05) is 25.8 Å². The monoisotopic (exact) mass is 385 g/mol. The summed E-state index contributed by atoms with van der Waals surface area (Å²) in [5.74, 6) is 1.06. The van der Waals surface area contributed by atoms with E-state index in [9.17, 15) is 9.90 Å². The van der Waals surface area contributed by atoms with Crippen LogP contribution in [0.5, 0.6) is 11.5 Å². The van der Waals surface area contributed by atoms with Gasteiger partial charge in [0.25, 0.3) is 0 Å². The van der Waals surface area contributed by atoms with E-state index in [-0.39, 0.29) is 5.92 Å². The smallest absolute Gasteiger partial charge is 0.331 e. The highest BCUT2D eigenvalue weighted by atomic mass is 16.6. The van der Waals surface area contributed by atoms with Gasteiger partial charge in [-0.2, -0.15) is 5.10 Å². The molecule has 0 unspecified atom stereocenters. The van der Waals surface area contributed by atoms with Crippen LogP contribution in [-0.4, -0.2) is 52.1 Å². The lowest BCUT2D eigenvalue weighted by molar-refractivity contribution is -0.151. The number of ether oxygens (including phenoxy) is 2. The summed E-state index contributed by atoms with van der Waals surface area (Å²) in [6, 6.07) is 7.95. The van der Waals surface area contributed by atoms with E-state index >= 15 is 0 Å². The van der Waals surface area contributed by atoms with E-state index < -0.39 is 11.5 Å². The van der Waals surface area contributed by atoms with Crippen molar-refractivity contribution in [3.63, 3.8) is 0 Å². The van der Waals surface area contributed by atoms with Gasteiger partial charge in [0.2, 0.25) is 0 Å². The van der Waals surface area contributed by atoms with Crippen molar-refractivity contribution in [2.24, 2.45) is 0 Å². The molecule has 1 aromatic carbocycles. The van der Waals surface area contributed by atoms with Gasteiger partial charge in [-0.3, -0.25) is 9.58 Å². The van der Waals surface area contributed by atoms with E-state index in [0.29, 0.717) is 39.1 Å². The highest BCUT2D eigenvalue weighted by Crippen LogP contribution is 2.34. The summed E-state index contributed by atoms with van der Waals surface area (Å²) in [4.78, 5) is 14.5. The van der Waals surface area contributed by atoms with Crippen LogP contribution in [0.15, 0.2) is 30.5 Å². The summed E-state index contributed by atoms with van der Waals surface area (Å²) in [6.07, 6.45) is 2.89. The molecule has 3 heterocycles. The molecule has 2 aromatic rings. The molecule has 0 spiro atoms. The van der Waals surface area contributed by atoms with E-state index in [2.05, 4.69) is 29.9 Å².